The number of nitrogens with zero attached hydrogens (tertiary/aromatic N) is 2. The molecule has 2 N–H and O–H groups in total. The molecular weight excluding hydrogens is 303 g/mol. The summed E-state index contributed by atoms with van der Waals surface area (Å²) in [6, 6.07) is 6.59. The number of hydrogen-bond donors (Lipinski definition) is 2. The van der Waals surface area contributed by atoms with Crippen molar-refractivity contribution < 1.29 is 9.18 Å². The van der Waals surface area contributed by atoms with Crippen LogP contribution >= 0.6 is 11.3 Å². The van der Waals surface area contributed by atoms with E-state index in [9.17, 15) is 9.18 Å². The van der Waals surface area contributed by atoms with Gasteiger partial charge in [-0.15, -0.1) is 10.2 Å². The first-order chi connectivity index (χ1) is 10.6. The quantitative estimate of drug-likeness (QED) is 0.885. The first-order valence-corrected chi connectivity index (χ1v) is 8.02. The fourth-order valence-corrected chi connectivity index (χ4v) is 3.04. The molecule has 1 aromatic carbocycles. The summed E-state index contributed by atoms with van der Waals surface area (Å²) in [5.74, 6) is 0.0282. The van der Waals surface area contributed by atoms with Crippen LogP contribution in [0.1, 0.15) is 17.5 Å². The minimum atomic E-state index is -0.255. The van der Waals surface area contributed by atoms with Crippen molar-refractivity contribution >= 4 is 22.4 Å². The topological polar surface area (TPSA) is 66.9 Å². The van der Waals surface area contributed by atoms with E-state index in [-0.39, 0.29) is 17.6 Å². The van der Waals surface area contributed by atoms with Gasteiger partial charge in [-0.05, 0) is 30.6 Å². The maximum absolute atomic E-state index is 13.6. The lowest BCUT2D eigenvalue weighted by Crippen LogP contribution is -2.48. The molecule has 2 heterocycles. The number of rotatable bonds is 5. The van der Waals surface area contributed by atoms with Gasteiger partial charge in [-0.3, -0.25) is 4.79 Å². The molecule has 7 heteroatoms. The molecule has 1 aromatic heterocycles. The molecule has 1 aliphatic heterocycles. The van der Waals surface area contributed by atoms with E-state index in [1.165, 1.54) is 17.4 Å². The Balaban J connectivity index is 1.61. The second kappa shape index (κ2) is 6.50. The number of carbonyl (C=O) groups is 1. The zero-order valence-electron chi connectivity index (χ0n) is 12.2. The van der Waals surface area contributed by atoms with Crippen molar-refractivity contribution in [1.29, 1.82) is 0 Å². The number of amides is 1. The molecule has 116 valence electrons. The minimum absolute atomic E-state index is 0.0416. The molecule has 3 rings (SSSR count). The van der Waals surface area contributed by atoms with Crippen LogP contribution in [0.15, 0.2) is 24.3 Å². The van der Waals surface area contributed by atoms with Crippen molar-refractivity contribution in [2.24, 2.45) is 11.8 Å². The Morgan fingerprint density at radius 1 is 1.45 bits per heavy atom. The van der Waals surface area contributed by atoms with Gasteiger partial charge in [-0.25, -0.2) is 4.39 Å². The molecule has 0 aliphatic carbocycles. The highest BCUT2D eigenvalue weighted by molar-refractivity contribution is 7.15. The van der Waals surface area contributed by atoms with Crippen molar-refractivity contribution in [2.75, 3.05) is 18.4 Å². The Morgan fingerprint density at radius 3 is 2.91 bits per heavy atom. The predicted molar refractivity (Wildman–Crippen MR) is 83.3 cm³/mol. The summed E-state index contributed by atoms with van der Waals surface area (Å²) in [6.45, 7) is 3.68. The number of halogens is 1. The fraction of sp³-hybridized carbons (Fsp3) is 0.400. The van der Waals surface area contributed by atoms with Crippen LogP contribution in [-0.4, -0.2) is 29.2 Å². The zero-order chi connectivity index (χ0) is 15.5. The molecule has 2 aromatic rings. The van der Waals surface area contributed by atoms with Gasteiger partial charge in [0, 0.05) is 12.3 Å². The molecule has 0 spiro atoms. The van der Waals surface area contributed by atoms with Gasteiger partial charge in [-0.2, -0.15) is 0 Å². The number of carbonyl (C=O) groups excluding carboxylic acids is 1. The van der Waals surface area contributed by atoms with Gasteiger partial charge in [0.2, 0.25) is 11.0 Å². The third-order valence-corrected chi connectivity index (χ3v) is 4.77. The smallest absolute Gasteiger partial charge is 0.229 e. The van der Waals surface area contributed by atoms with Gasteiger partial charge in [0.05, 0.1) is 0 Å². The standard InChI is InChI=1S/C15H17FN4OS/c1-9(11-7-17-8-11)14(21)18-15-20-19-13(22-15)6-10-4-2-3-5-12(10)16/h2-5,9,11,17H,6-8H2,1H3,(H,18,20,21). The van der Waals surface area contributed by atoms with Crippen LogP contribution in [-0.2, 0) is 11.2 Å². The van der Waals surface area contributed by atoms with Gasteiger partial charge in [0.25, 0.3) is 0 Å². The number of anilines is 1. The molecular formula is C15H17FN4OS. The Morgan fingerprint density at radius 2 is 2.23 bits per heavy atom. The molecule has 0 bridgehead atoms. The summed E-state index contributed by atoms with van der Waals surface area (Å²) in [5, 5.41) is 15.1. The van der Waals surface area contributed by atoms with Crippen LogP contribution in [0.4, 0.5) is 9.52 Å². The van der Waals surface area contributed by atoms with Crippen molar-refractivity contribution in [1.82, 2.24) is 15.5 Å². The molecule has 5 nitrogen and oxygen atoms in total. The van der Waals surface area contributed by atoms with Crippen molar-refractivity contribution in [3.05, 3.63) is 40.7 Å². The molecule has 0 saturated carbocycles. The Hall–Kier alpha value is -1.86. The summed E-state index contributed by atoms with van der Waals surface area (Å²) in [7, 11) is 0. The average molecular weight is 320 g/mol. The summed E-state index contributed by atoms with van der Waals surface area (Å²) in [6.07, 6.45) is 0.377. The lowest BCUT2D eigenvalue weighted by Gasteiger charge is -2.31. The second-order valence-electron chi connectivity index (χ2n) is 5.47. The second-order valence-corrected chi connectivity index (χ2v) is 6.53. The Kier molecular flexibility index (Phi) is 4.44. The van der Waals surface area contributed by atoms with E-state index in [0.29, 0.717) is 28.0 Å². The number of hydrogen-bond acceptors (Lipinski definition) is 5. The van der Waals surface area contributed by atoms with E-state index < -0.39 is 0 Å². The molecule has 1 fully saturated rings. The first-order valence-electron chi connectivity index (χ1n) is 7.21. The summed E-state index contributed by atoms with van der Waals surface area (Å²) >= 11 is 1.28. The van der Waals surface area contributed by atoms with Crippen LogP contribution in [0.25, 0.3) is 0 Å². The lowest BCUT2D eigenvalue weighted by molar-refractivity contribution is -0.121. The van der Waals surface area contributed by atoms with E-state index >= 15 is 0 Å². The summed E-state index contributed by atoms with van der Waals surface area (Å²) in [4.78, 5) is 12.1. The molecule has 22 heavy (non-hydrogen) atoms. The molecule has 1 amide bonds. The van der Waals surface area contributed by atoms with Gasteiger partial charge in [-0.1, -0.05) is 36.5 Å². The van der Waals surface area contributed by atoms with Gasteiger partial charge in [0.1, 0.15) is 10.8 Å². The highest BCUT2D eigenvalue weighted by Gasteiger charge is 2.29. The average Bonchev–Trinajstić information content (AvgIpc) is 2.86. The molecule has 1 atom stereocenters. The Bertz CT molecular complexity index is 671. The van der Waals surface area contributed by atoms with E-state index in [1.54, 1.807) is 18.2 Å². The third-order valence-electron chi connectivity index (χ3n) is 3.93. The normalized spacial score (nSPS) is 16.1. The number of nitrogens with one attached hydrogen (secondary N) is 2. The zero-order valence-corrected chi connectivity index (χ0v) is 13.0. The largest absolute Gasteiger partial charge is 0.316 e. The maximum atomic E-state index is 13.6. The fourth-order valence-electron chi connectivity index (χ4n) is 2.28. The molecule has 0 radical (unpaired) electrons. The van der Waals surface area contributed by atoms with Crippen LogP contribution in [0.2, 0.25) is 0 Å². The van der Waals surface area contributed by atoms with Crippen molar-refractivity contribution in [3.63, 3.8) is 0 Å². The minimum Gasteiger partial charge on any atom is -0.316 e. The molecule has 1 unspecified atom stereocenters. The highest BCUT2D eigenvalue weighted by atomic mass is 32.1. The highest BCUT2D eigenvalue weighted by Crippen LogP contribution is 2.22. The molecule has 1 saturated heterocycles. The summed E-state index contributed by atoms with van der Waals surface area (Å²) < 4.78 is 13.6. The monoisotopic (exact) mass is 320 g/mol. The third kappa shape index (κ3) is 3.31. The number of benzene rings is 1. The van der Waals surface area contributed by atoms with Crippen LogP contribution in [0, 0.1) is 17.7 Å². The van der Waals surface area contributed by atoms with Crippen LogP contribution in [0.3, 0.4) is 0 Å². The van der Waals surface area contributed by atoms with Gasteiger partial charge in [0.15, 0.2) is 0 Å². The SMILES string of the molecule is CC(C(=O)Nc1nnc(Cc2ccccc2F)s1)C1CNC1. The van der Waals surface area contributed by atoms with Gasteiger partial charge >= 0.3 is 0 Å². The number of aromatic nitrogens is 2. The summed E-state index contributed by atoms with van der Waals surface area (Å²) in [5.41, 5.74) is 0.574. The molecule has 1 aliphatic rings. The predicted octanol–water partition coefficient (Wildman–Crippen LogP) is 2.06. The van der Waals surface area contributed by atoms with E-state index in [1.807, 2.05) is 6.92 Å². The van der Waals surface area contributed by atoms with Crippen molar-refractivity contribution in [3.8, 4) is 0 Å². The van der Waals surface area contributed by atoms with Gasteiger partial charge < -0.3 is 10.6 Å². The van der Waals surface area contributed by atoms with Crippen molar-refractivity contribution in [2.45, 2.75) is 13.3 Å². The van der Waals surface area contributed by atoms with E-state index in [2.05, 4.69) is 20.8 Å². The Labute approximate surface area is 132 Å². The van der Waals surface area contributed by atoms with Crippen LogP contribution < -0.4 is 10.6 Å². The van der Waals surface area contributed by atoms with E-state index in [4.69, 9.17) is 0 Å². The van der Waals surface area contributed by atoms with Crippen LogP contribution in [0.5, 0.6) is 0 Å². The van der Waals surface area contributed by atoms with E-state index in [0.717, 1.165) is 13.1 Å². The first kappa shape index (κ1) is 15.1. The maximum Gasteiger partial charge on any atom is 0.229 e. The lowest BCUT2D eigenvalue weighted by atomic mass is 9.88.